The minimum Gasteiger partial charge on any atom is -0.310 e. The zero-order valence-corrected chi connectivity index (χ0v) is 11.8. The Balaban J connectivity index is 2.34. The highest BCUT2D eigenvalue weighted by atomic mass is 79.9. The van der Waals surface area contributed by atoms with Crippen LogP contribution in [-0.2, 0) is 0 Å². The second-order valence-corrected chi connectivity index (χ2v) is 4.74. The van der Waals surface area contributed by atoms with E-state index in [-0.39, 0.29) is 5.91 Å². The van der Waals surface area contributed by atoms with Gasteiger partial charge in [-0.3, -0.25) is 9.78 Å². The van der Waals surface area contributed by atoms with Gasteiger partial charge >= 0.3 is 0 Å². The van der Waals surface area contributed by atoms with Crippen molar-refractivity contribution < 1.29 is 4.79 Å². The van der Waals surface area contributed by atoms with E-state index < -0.39 is 0 Å². The molecule has 94 valence electrons. The average Bonchev–Trinajstić information content (AvgIpc) is 2.46. The number of benzene rings is 1. The summed E-state index contributed by atoms with van der Waals surface area (Å²) in [7, 11) is 1.68. The number of rotatable bonds is 2. The maximum Gasteiger partial charge on any atom is 0.259 e. The maximum atomic E-state index is 12.3. The number of carbonyl (C=O) groups excluding carboxylic acids is 1. The fourth-order valence-corrected chi connectivity index (χ4v) is 2.20. The molecule has 0 unspecified atom stereocenters. The first-order valence-corrected chi connectivity index (χ1v) is 6.30. The molecule has 0 bridgehead atoms. The average molecular weight is 316 g/mol. The number of para-hydroxylation sites is 1. The Hall–Kier alpha value is -2.19. The number of nitriles is 1. The SMILES string of the molecule is CN(C(=O)c1cncc(C#N)c1)c1ccccc1Br. The van der Waals surface area contributed by atoms with E-state index in [2.05, 4.69) is 20.9 Å². The van der Waals surface area contributed by atoms with Crippen molar-refractivity contribution in [2.45, 2.75) is 0 Å². The Kier molecular flexibility index (Phi) is 3.93. The minimum absolute atomic E-state index is 0.212. The Morgan fingerprint density at radius 2 is 2.11 bits per heavy atom. The molecule has 4 nitrogen and oxygen atoms in total. The van der Waals surface area contributed by atoms with Crippen molar-refractivity contribution in [3.05, 3.63) is 58.3 Å². The van der Waals surface area contributed by atoms with Gasteiger partial charge in [-0.2, -0.15) is 5.26 Å². The third-order valence-electron chi connectivity index (χ3n) is 2.63. The number of pyridine rings is 1. The summed E-state index contributed by atoms with van der Waals surface area (Å²) in [6.45, 7) is 0. The lowest BCUT2D eigenvalue weighted by atomic mass is 10.2. The van der Waals surface area contributed by atoms with Crippen molar-refractivity contribution in [2.24, 2.45) is 0 Å². The Morgan fingerprint density at radius 3 is 2.79 bits per heavy atom. The van der Waals surface area contributed by atoms with Crippen LogP contribution in [-0.4, -0.2) is 17.9 Å². The summed E-state index contributed by atoms with van der Waals surface area (Å²) in [6, 6.07) is 10.9. The van der Waals surface area contributed by atoms with Gasteiger partial charge in [0.2, 0.25) is 0 Å². The van der Waals surface area contributed by atoms with E-state index in [0.717, 1.165) is 10.2 Å². The summed E-state index contributed by atoms with van der Waals surface area (Å²) in [5, 5.41) is 8.82. The molecule has 0 spiro atoms. The van der Waals surface area contributed by atoms with Crippen molar-refractivity contribution in [1.29, 1.82) is 5.26 Å². The van der Waals surface area contributed by atoms with Gasteiger partial charge < -0.3 is 4.90 Å². The number of halogens is 1. The van der Waals surface area contributed by atoms with E-state index in [9.17, 15) is 4.79 Å². The molecule has 0 aliphatic rings. The van der Waals surface area contributed by atoms with Crippen LogP contribution in [0.4, 0.5) is 5.69 Å². The second-order valence-electron chi connectivity index (χ2n) is 3.89. The monoisotopic (exact) mass is 315 g/mol. The van der Waals surface area contributed by atoms with Crippen LogP contribution in [0.3, 0.4) is 0 Å². The van der Waals surface area contributed by atoms with E-state index in [1.165, 1.54) is 23.4 Å². The number of amides is 1. The Labute approximate surface area is 119 Å². The first-order valence-electron chi connectivity index (χ1n) is 5.51. The number of carbonyl (C=O) groups is 1. The van der Waals surface area contributed by atoms with Crippen LogP contribution in [0.15, 0.2) is 47.2 Å². The smallest absolute Gasteiger partial charge is 0.259 e. The van der Waals surface area contributed by atoms with Crippen molar-refractivity contribution in [1.82, 2.24) is 4.98 Å². The lowest BCUT2D eigenvalue weighted by molar-refractivity contribution is 0.0992. The zero-order chi connectivity index (χ0) is 13.8. The lowest BCUT2D eigenvalue weighted by Crippen LogP contribution is -2.26. The molecular weight excluding hydrogens is 306 g/mol. The van der Waals surface area contributed by atoms with Crippen LogP contribution >= 0.6 is 15.9 Å². The molecule has 1 heterocycles. The first kappa shape index (κ1) is 13.2. The lowest BCUT2D eigenvalue weighted by Gasteiger charge is -2.18. The Bertz CT molecular complexity index is 664. The molecule has 19 heavy (non-hydrogen) atoms. The van der Waals surface area contributed by atoms with Gasteiger partial charge in [-0.1, -0.05) is 12.1 Å². The number of hydrogen-bond donors (Lipinski definition) is 0. The summed E-state index contributed by atoms with van der Waals surface area (Å²) in [5.74, 6) is -0.212. The topological polar surface area (TPSA) is 57.0 Å². The number of aromatic nitrogens is 1. The number of hydrogen-bond acceptors (Lipinski definition) is 3. The molecule has 5 heteroatoms. The van der Waals surface area contributed by atoms with Gasteiger partial charge in [0, 0.05) is 23.9 Å². The minimum atomic E-state index is -0.212. The number of anilines is 1. The fraction of sp³-hybridized carbons (Fsp3) is 0.0714. The van der Waals surface area contributed by atoms with E-state index in [1.54, 1.807) is 7.05 Å². The molecule has 1 amide bonds. The van der Waals surface area contributed by atoms with Crippen LogP contribution < -0.4 is 4.90 Å². The molecule has 0 atom stereocenters. The summed E-state index contributed by atoms with van der Waals surface area (Å²) >= 11 is 3.40. The van der Waals surface area contributed by atoms with Gasteiger partial charge in [0.25, 0.3) is 5.91 Å². The Morgan fingerprint density at radius 1 is 1.37 bits per heavy atom. The summed E-state index contributed by atoms with van der Waals surface area (Å²) in [5.41, 5.74) is 1.51. The molecule has 0 aliphatic carbocycles. The van der Waals surface area contributed by atoms with Gasteiger partial charge in [0.05, 0.1) is 16.8 Å². The molecule has 2 rings (SSSR count). The molecular formula is C14H10BrN3O. The van der Waals surface area contributed by atoms with Crippen LogP contribution in [0.2, 0.25) is 0 Å². The largest absolute Gasteiger partial charge is 0.310 e. The predicted molar refractivity (Wildman–Crippen MR) is 75.8 cm³/mol. The van der Waals surface area contributed by atoms with Crippen LogP contribution in [0.25, 0.3) is 0 Å². The molecule has 0 aliphatic heterocycles. The van der Waals surface area contributed by atoms with Gasteiger partial charge in [-0.25, -0.2) is 0 Å². The normalized spacial score (nSPS) is 9.74. The molecule has 0 radical (unpaired) electrons. The van der Waals surface area contributed by atoms with E-state index in [4.69, 9.17) is 5.26 Å². The zero-order valence-electron chi connectivity index (χ0n) is 10.2. The fourth-order valence-electron chi connectivity index (χ4n) is 1.64. The highest BCUT2D eigenvalue weighted by Crippen LogP contribution is 2.25. The molecule has 1 aromatic heterocycles. The van der Waals surface area contributed by atoms with Crippen molar-refractivity contribution in [2.75, 3.05) is 11.9 Å². The molecule has 0 saturated heterocycles. The quantitative estimate of drug-likeness (QED) is 0.856. The number of nitrogens with zero attached hydrogens (tertiary/aromatic N) is 3. The van der Waals surface area contributed by atoms with Crippen LogP contribution in [0, 0.1) is 11.3 Å². The maximum absolute atomic E-state index is 12.3. The van der Waals surface area contributed by atoms with Crippen LogP contribution in [0.1, 0.15) is 15.9 Å². The van der Waals surface area contributed by atoms with Crippen molar-refractivity contribution >= 4 is 27.5 Å². The van der Waals surface area contributed by atoms with Gasteiger partial charge in [-0.15, -0.1) is 0 Å². The van der Waals surface area contributed by atoms with E-state index in [0.29, 0.717) is 11.1 Å². The standard InChI is InChI=1S/C14H10BrN3O/c1-18(13-5-3-2-4-12(13)15)14(19)11-6-10(7-16)8-17-9-11/h2-6,8-9H,1H3. The first-order chi connectivity index (χ1) is 9.13. The molecule has 0 saturated carbocycles. The predicted octanol–water partition coefficient (Wildman–Crippen LogP) is 2.99. The highest BCUT2D eigenvalue weighted by Gasteiger charge is 2.16. The van der Waals surface area contributed by atoms with Gasteiger partial charge in [0.1, 0.15) is 6.07 Å². The second kappa shape index (κ2) is 5.63. The van der Waals surface area contributed by atoms with Crippen molar-refractivity contribution in [3.8, 4) is 6.07 Å². The van der Waals surface area contributed by atoms with Gasteiger partial charge in [0.15, 0.2) is 0 Å². The molecule has 2 aromatic rings. The molecule has 0 fully saturated rings. The highest BCUT2D eigenvalue weighted by molar-refractivity contribution is 9.10. The molecule has 0 N–H and O–H groups in total. The summed E-state index contributed by atoms with van der Waals surface area (Å²) < 4.78 is 0.829. The van der Waals surface area contributed by atoms with Crippen molar-refractivity contribution in [3.63, 3.8) is 0 Å². The van der Waals surface area contributed by atoms with Crippen LogP contribution in [0.5, 0.6) is 0 Å². The third kappa shape index (κ3) is 2.80. The summed E-state index contributed by atoms with van der Waals surface area (Å²) in [4.78, 5) is 17.7. The van der Waals surface area contributed by atoms with E-state index in [1.807, 2.05) is 30.3 Å². The third-order valence-corrected chi connectivity index (χ3v) is 3.30. The molecule has 1 aromatic carbocycles. The summed E-state index contributed by atoms with van der Waals surface area (Å²) in [6.07, 6.45) is 2.88. The van der Waals surface area contributed by atoms with E-state index >= 15 is 0 Å². The van der Waals surface area contributed by atoms with Gasteiger partial charge in [-0.05, 0) is 34.1 Å².